The van der Waals surface area contributed by atoms with Gasteiger partial charge in [0.05, 0.1) is 35.6 Å². The van der Waals surface area contributed by atoms with E-state index < -0.39 is 10.0 Å². The van der Waals surface area contributed by atoms with Gasteiger partial charge in [0.15, 0.2) is 0 Å². The second-order valence-corrected chi connectivity index (χ2v) is 6.44. The average Bonchev–Trinajstić information content (AvgIpc) is 2.47. The Hall–Kier alpha value is -1.35. The van der Waals surface area contributed by atoms with Crippen LogP contribution in [0, 0.1) is 0 Å². The molecule has 2 rings (SSSR count). The average molecular weight is 301 g/mol. The van der Waals surface area contributed by atoms with Crippen molar-refractivity contribution < 1.29 is 18.3 Å². The predicted octanol–water partition coefficient (Wildman–Crippen LogP) is -0.626. The first kappa shape index (κ1) is 15.0. The molecule has 1 aromatic carbocycles. The Morgan fingerprint density at radius 3 is 2.95 bits per heavy atom. The van der Waals surface area contributed by atoms with E-state index in [1.54, 1.807) is 12.1 Å². The molecule has 0 aromatic heterocycles. The van der Waals surface area contributed by atoms with Crippen LogP contribution in [0.15, 0.2) is 23.1 Å². The minimum Gasteiger partial charge on any atom is -0.397 e. The summed E-state index contributed by atoms with van der Waals surface area (Å²) in [5.41, 5.74) is 7.07. The molecule has 4 N–H and O–H groups in total. The van der Waals surface area contributed by atoms with E-state index >= 15 is 0 Å². The van der Waals surface area contributed by atoms with Crippen molar-refractivity contribution in [2.45, 2.75) is 11.0 Å². The zero-order valence-corrected chi connectivity index (χ0v) is 12.1. The van der Waals surface area contributed by atoms with Gasteiger partial charge in [0.25, 0.3) is 0 Å². The maximum atomic E-state index is 11.8. The highest BCUT2D eigenvalue weighted by Gasteiger charge is 2.23. The minimum absolute atomic E-state index is 0.0785. The molecular weight excluding hydrogens is 282 g/mol. The number of ether oxygens (including phenoxy) is 1. The van der Waals surface area contributed by atoms with Crippen molar-refractivity contribution in [2.24, 2.45) is 0 Å². The molecule has 0 bridgehead atoms. The van der Waals surface area contributed by atoms with E-state index in [1.807, 2.05) is 4.90 Å². The highest BCUT2D eigenvalue weighted by Crippen LogP contribution is 2.28. The van der Waals surface area contributed by atoms with Gasteiger partial charge in [0, 0.05) is 13.1 Å². The second kappa shape index (κ2) is 5.96. The third-order valence-electron chi connectivity index (χ3n) is 3.26. The zero-order valence-electron chi connectivity index (χ0n) is 11.2. The number of hydrogen-bond acceptors (Lipinski definition) is 6. The number of anilines is 2. The quantitative estimate of drug-likeness (QED) is 0.640. The summed E-state index contributed by atoms with van der Waals surface area (Å²) in [6.07, 6.45) is -0.285. The number of aliphatic hydroxyl groups excluding tert-OH is 1. The van der Waals surface area contributed by atoms with E-state index in [2.05, 4.69) is 4.72 Å². The number of hydrogen-bond donors (Lipinski definition) is 3. The normalized spacial score (nSPS) is 20.1. The number of morpholine rings is 1. The predicted molar refractivity (Wildman–Crippen MR) is 76.1 cm³/mol. The number of nitrogens with zero attached hydrogens (tertiary/aromatic N) is 1. The van der Waals surface area contributed by atoms with Crippen molar-refractivity contribution in [2.75, 3.05) is 44.0 Å². The van der Waals surface area contributed by atoms with Crippen LogP contribution in [-0.2, 0) is 14.8 Å². The Morgan fingerprint density at radius 1 is 1.55 bits per heavy atom. The van der Waals surface area contributed by atoms with Gasteiger partial charge in [0.2, 0.25) is 10.0 Å². The van der Waals surface area contributed by atoms with E-state index in [0.717, 1.165) is 0 Å². The summed E-state index contributed by atoms with van der Waals surface area (Å²) in [5.74, 6) is 0. The van der Waals surface area contributed by atoms with Gasteiger partial charge in [0.1, 0.15) is 0 Å². The van der Waals surface area contributed by atoms with E-state index in [9.17, 15) is 8.42 Å². The Morgan fingerprint density at radius 2 is 2.30 bits per heavy atom. The van der Waals surface area contributed by atoms with Crippen molar-refractivity contribution in [3.63, 3.8) is 0 Å². The van der Waals surface area contributed by atoms with Gasteiger partial charge in [-0.05, 0) is 25.2 Å². The second-order valence-electron chi connectivity index (χ2n) is 4.55. The molecule has 0 saturated carbocycles. The Balaban J connectivity index is 2.34. The fourth-order valence-corrected chi connectivity index (χ4v) is 2.88. The van der Waals surface area contributed by atoms with E-state index in [0.29, 0.717) is 31.1 Å². The number of benzene rings is 1. The molecule has 112 valence electrons. The summed E-state index contributed by atoms with van der Waals surface area (Å²) in [7, 11) is -2.15. The summed E-state index contributed by atoms with van der Waals surface area (Å²) >= 11 is 0. The Kier molecular flexibility index (Phi) is 4.48. The third-order valence-corrected chi connectivity index (χ3v) is 4.68. The summed E-state index contributed by atoms with van der Waals surface area (Å²) in [6.45, 7) is 1.46. The molecule has 8 heteroatoms. The van der Waals surface area contributed by atoms with E-state index in [-0.39, 0.29) is 17.6 Å². The molecule has 1 unspecified atom stereocenters. The van der Waals surface area contributed by atoms with Crippen molar-refractivity contribution in [1.29, 1.82) is 0 Å². The van der Waals surface area contributed by atoms with Crippen LogP contribution in [0.3, 0.4) is 0 Å². The number of nitrogens with two attached hydrogens (primary N) is 1. The lowest BCUT2D eigenvalue weighted by atomic mass is 10.2. The molecule has 7 nitrogen and oxygen atoms in total. The van der Waals surface area contributed by atoms with Gasteiger partial charge in [-0.25, -0.2) is 13.1 Å². The van der Waals surface area contributed by atoms with E-state index in [1.165, 1.54) is 13.1 Å². The highest BCUT2D eigenvalue weighted by molar-refractivity contribution is 7.89. The SMILES string of the molecule is CNS(=O)(=O)c1ccc(N)c(N2CCOC(CO)C2)c1. The first-order valence-electron chi connectivity index (χ1n) is 6.28. The van der Waals surface area contributed by atoms with Gasteiger partial charge in [-0.2, -0.15) is 0 Å². The molecule has 20 heavy (non-hydrogen) atoms. The lowest BCUT2D eigenvalue weighted by Crippen LogP contribution is -2.44. The van der Waals surface area contributed by atoms with Crippen molar-refractivity contribution in [3.05, 3.63) is 18.2 Å². The number of rotatable bonds is 4. The largest absolute Gasteiger partial charge is 0.397 e. The van der Waals surface area contributed by atoms with Gasteiger partial charge in [-0.15, -0.1) is 0 Å². The maximum absolute atomic E-state index is 11.8. The molecule has 1 fully saturated rings. The monoisotopic (exact) mass is 301 g/mol. The molecule has 0 amide bonds. The molecule has 0 radical (unpaired) electrons. The topological polar surface area (TPSA) is 105 Å². The van der Waals surface area contributed by atoms with Gasteiger partial charge in [-0.3, -0.25) is 0 Å². The Bertz CT molecular complexity index is 576. The molecule has 1 saturated heterocycles. The first-order valence-corrected chi connectivity index (χ1v) is 7.76. The fourth-order valence-electron chi connectivity index (χ4n) is 2.13. The first-order chi connectivity index (χ1) is 9.47. The van der Waals surface area contributed by atoms with Crippen LogP contribution in [0.25, 0.3) is 0 Å². The molecule has 1 aliphatic heterocycles. The van der Waals surface area contributed by atoms with Gasteiger partial charge < -0.3 is 20.5 Å². The van der Waals surface area contributed by atoms with Crippen molar-refractivity contribution >= 4 is 21.4 Å². The smallest absolute Gasteiger partial charge is 0.240 e. The summed E-state index contributed by atoms with van der Waals surface area (Å²) in [4.78, 5) is 2.09. The maximum Gasteiger partial charge on any atom is 0.240 e. The van der Waals surface area contributed by atoms with Crippen LogP contribution in [0.4, 0.5) is 11.4 Å². The molecule has 0 aliphatic carbocycles. The lowest BCUT2D eigenvalue weighted by molar-refractivity contribution is 0.00359. The molecule has 1 aliphatic rings. The lowest BCUT2D eigenvalue weighted by Gasteiger charge is -2.34. The molecular formula is C12H19N3O4S. The van der Waals surface area contributed by atoms with Crippen LogP contribution in [0.2, 0.25) is 0 Å². The minimum atomic E-state index is -3.51. The fraction of sp³-hybridized carbons (Fsp3) is 0.500. The Labute approximate surface area is 118 Å². The highest BCUT2D eigenvalue weighted by atomic mass is 32.2. The molecule has 0 spiro atoms. The van der Waals surface area contributed by atoms with Gasteiger partial charge >= 0.3 is 0 Å². The molecule has 1 atom stereocenters. The third kappa shape index (κ3) is 3.04. The molecule has 1 heterocycles. The van der Waals surface area contributed by atoms with Crippen LogP contribution in [-0.4, -0.2) is 53.0 Å². The summed E-state index contributed by atoms with van der Waals surface area (Å²) < 4.78 is 31.3. The standard InChI is InChI=1S/C12H19N3O4S/c1-14-20(17,18)10-2-3-11(13)12(6-10)15-4-5-19-9(7-15)8-16/h2-3,6,9,14,16H,4-5,7-8,13H2,1H3. The van der Waals surface area contributed by atoms with E-state index in [4.69, 9.17) is 15.6 Å². The number of sulfonamides is 1. The van der Waals surface area contributed by atoms with Crippen LogP contribution in [0.1, 0.15) is 0 Å². The van der Waals surface area contributed by atoms with Crippen molar-refractivity contribution in [1.82, 2.24) is 4.72 Å². The van der Waals surface area contributed by atoms with Crippen LogP contribution < -0.4 is 15.4 Å². The van der Waals surface area contributed by atoms with Crippen LogP contribution in [0.5, 0.6) is 0 Å². The zero-order chi connectivity index (χ0) is 14.8. The summed E-state index contributed by atoms with van der Waals surface area (Å²) in [6, 6.07) is 4.58. The molecule has 1 aromatic rings. The van der Waals surface area contributed by atoms with Crippen LogP contribution >= 0.6 is 0 Å². The summed E-state index contributed by atoms with van der Waals surface area (Å²) in [5, 5.41) is 9.16. The van der Waals surface area contributed by atoms with Gasteiger partial charge in [-0.1, -0.05) is 0 Å². The number of aliphatic hydroxyl groups is 1. The number of nitrogen functional groups attached to an aromatic ring is 1. The van der Waals surface area contributed by atoms with Crippen molar-refractivity contribution in [3.8, 4) is 0 Å². The number of nitrogens with one attached hydrogen (secondary N) is 1.